The number of nitrogens with zero attached hydrogens (tertiary/aromatic N) is 4. The first-order chi connectivity index (χ1) is 14.8. The number of likely N-dealkylation sites (tertiary alicyclic amines) is 1. The molecular formula is C23H29IN6O. The molecule has 0 saturated carbocycles. The number of halogens is 1. The zero-order valence-electron chi connectivity index (χ0n) is 17.7. The number of hydrogen-bond acceptors (Lipinski definition) is 4. The van der Waals surface area contributed by atoms with Crippen LogP contribution in [-0.4, -0.2) is 51.8 Å². The monoisotopic (exact) mass is 532 g/mol. The Morgan fingerprint density at radius 3 is 2.68 bits per heavy atom. The van der Waals surface area contributed by atoms with Crippen molar-refractivity contribution in [1.82, 2.24) is 25.4 Å². The maximum absolute atomic E-state index is 6.12. The smallest absolute Gasteiger partial charge is 0.194 e. The second kappa shape index (κ2) is 11.7. The number of aromatic amines is 1. The number of para-hydroxylation sites is 1. The van der Waals surface area contributed by atoms with Gasteiger partial charge in [0.1, 0.15) is 18.2 Å². The van der Waals surface area contributed by atoms with E-state index in [2.05, 4.69) is 44.5 Å². The molecule has 7 nitrogen and oxygen atoms in total. The molecule has 1 aliphatic rings. The first kappa shape index (κ1) is 23.1. The van der Waals surface area contributed by atoms with Gasteiger partial charge in [-0.2, -0.15) is 5.10 Å². The third-order valence-corrected chi connectivity index (χ3v) is 5.15. The Hall–Kier alpha value is -2.62. The molecule has 0 unspecified atom stereocenters. The molecule has 0 spiro atoms. The molecule has 1 aliphatic heterocycles. The molecule has 2 N–H and O–H groups in total. The lowest BCUT2D eigenvalue weighted by molar-refractivity contribution is 0.129. The highest BCUT2D eigenvalue weighted by Crippen LogP contribution is 2.19. The minimum absolute atomic E-state index is 0. The van der Waals surface area contributed by atoms with Crippen molar-refractivity contribution < 1.29 is 4.74 Å². The number of H-pyrrole nitrogens is 1. The van der Waals surface area contributed by atoms with E-state index in [0.29, 0.717) is 6.54 Å². The van der Waals surface area contributed by atoms with Gasteiger partial charge in [-0.3, -0.25) is 5.10 Å². The molecule has 4 rings (SSSR count). The molecule has 2 heterocycles. The van der Waals surface area contributed by atoms with Crippen LogP contribution < -0.4 is 10.1 Å². The van der Waals surface area contributed by atoms with Crippen LogP contribution in [0.5, 0.6) is 5.75 Å². The minimum atomic E-state index is 0. The number of hydrogen-bond donors (Lipinski definition) is 2. The summed E-state index contributed by atoms with van der Waals surface area (Å²) in [6, 6.07) is 18.3. The van der Waals surface area contributed by atoms with Gasteiger partial charge in [-0.05, 0) is 30.7 Å². The van der Waals surface area contributed by atoms with Gasteiger partial charge in [0, 0.05) is 38.0 Å². The molecule has 1 aromatic heterocycles. The van der Waals surface area contributed by atoms with E-state index in [1.165, 1.54) is 6.33 Å². The lowest BCUT2D eigenvalue weighted by atomic mass is 10.1. The standard InChI is InChI=1S/C23H28N6O.HI/c1-2-24-23(25-16-18-7-6-8-19(15-18)22-26-17-27-28-22)29-13-11-21(12-14-29)30-20-9-4-3-5-10-20;/h3-10,15,17,21H,2,11-14,16H2,1H3,(H,24,25)(H,26,27,28);1H. The van der Waals surface area contributed by atoms with Crippen LogP contribution in [0, 0.1) is 0 Å². The Morgan fingerprint density at radius 2 is 1.97 bits per heavy atom. The molecule has 1 saturated heterocycles. The maximum Gasteiger partial charge on any atom is 0.194 e. The normalized spacial score (nSPS) is 14.7. The maximum atomic E-state index is 6.12. The quantitative estimate of drug-likeness (QED) is 0.284. The largest absolute Gasteiger partial charge is 0.490 e. The SMILES string of the molecule is CCNC(=NCc1cccc(-c2ncn[nH]2)c1)N1CCC(Oc2ccccc2)CC1.I. The summed E-state index contributed by atoms with van der Waals surface area (Å²) in [4.78, 5) is 11.4. The van der Waals surface area contributed by atoms with E-state index < -0.39 is 0 Å². The van der Waals surface area contributed by atoms with Crippen LogP contribution in [0.2, 0.25) is 0 Å². The van der Waals surface area contributed by atoms with Gasteiger partial charge in [0.25, 0.3) is 0 Å². The Morgan fingerprint density at radius 1 is 1.16 bits per heavy atom. The van der Waals surface area contributed by atoms with Crippen LogP contribution in [0.25, 0.3) is 11.4 Å². The van der Waals surface area contributed by atoms with Gasteiger partial charge in [0.15, 0.2) is 11.8 Å². The van der Waals surface area contributed by atoms with Crippen molar-refractivity contribution >= 4 is 29.9 Å². The average Bonchev–Trinajstić information content (AvgIpc) is 3.33. The van der Waals surface area contributed by atoms with Gasteiger partial charge in [-0.15, -0.1) is 24.0 Å². The highest BCUT2D eigenvalue weighted by atomic mass is 127. The predicted molar refractivity (Wildman–Crippen MR) is 134 cm³/mol. The molecule has 8 heteroatoms. The van der Waals surface area contributed by atoms with Crippen molar-refractivity contribution in [2.45, 2.75) is 32.4 Å². The Bertz CT molecular complexity index is 940. The highest BCUT2D eigenvalue weighted by molar-refractivity contribution is 14.0. The van der Waals surface area contributed by atoms with Gasteiger partial charge in [-0.25, -0.2) is 9.98 Å². The summed E-state index contributed by atoms with van der Waals surface area (Å²) in [5.41, 5.74) is 2.16. The summed E-state index contributed by atoms with van der Waals surface area (Å²) in [6.45, 7) is 5.43. The van der Waals surface area contributed by atoms with E-state index in [0.717, 1.165) is 61.1 Å². The van der Waals surface area contributed by atoms with Crippen LogP contribution in [-0.2, 0) is 6.54 Å². The molecule has 0 radical (unpaired) electrons. The lowest BCUT2D eigenvalue weighted by Crippen LogP contribution is -2.47. The van der Waals surface area contributed by atoms with E-state index in [1.807, 2.05) is 42.5 Å². The second-order valence-corrected chi connectivity index (χ2v) is 7.32. The number of piperidine rings is 1. The highest BCUT2D eigenvalue weighted by Gasteiger charge is 2.22. The summed E-state index contributed by atoms with van der Waals surface area (Å²) < 4.78 is 6.12. The number of nitrogens with one attached hydrogen (secondary N) is 2. The van der Waals surface area contributed by atoms with E-state index in [4.69, 9.17) is 9.73 Å². The van der Waals surface area contributed by atoms with Gasteiger partial charge in [0.2, 0.25) is 0 Å². The molecule has 2 aromatic carbocycles. The zero-order chi connectivity index (χ0) is 20.6. The molecule has 0 bridgehead atoms. The second-order valence-electron chi connectivity index (χ2n) is 7.32. The fourth-order valence-corrected chi connectivity index (χ4v) is 3.63. The molecule has 31 heavy (non-hydrogen) atoms. The van der Waals surface area contributed by atoms with Crippen LogP contribution >= 0.6 is 24.0 Å². The number of aliphatic imine (C=N–C) groups is 1. The van der Waals surface area contributed by atoms with E-state index in [1.54, 1.807) is 0 Å². The fraction of sp³-hybridized carbons (Fsp3) is 0.348. The van der Waals surface area contributed by atoms with Crippen molar-refractivity contribution in [3.8, 4) is 17.1 Å². The first-order valence-corrected chi connectivity index (χ1v) is 10.5. The van der Waals surface area contributed by atoms with Gasteiger partial charge < -0.3 is 15.0 Å². The molecular weight excluding hydrogens is 503 g/mol. The summed E-state index contributed by atoms with van der Waals surface area (Å²) >= 11 is 0. The van der Waals surface area contributed by atoms with Crippen molar-refractivity contribution in [3.63, 3.8) is 0 Å². The summed E-state index contributed by atoms with van der Waals surface area (Å²) in [5, 5.41) is 10.3. The van der Waals surface area contributed by atoms with Gasteiger partial charge in [-0.1, -0.05) is 36.4 Å². The van der Waals surface area contributed by atoms with Crippen molar-refractivity contribution in [3.05, 3.63) is 66.5 Å². The third kappa shape index (κ3) is 6.43. The Labute approximate surface area is 200 Å². The van der Waals surface area contributed by atoms with Crippen LogP contribution in [0.3, 0.4) is 0 Å². The fourth-order valence-electron chi connectivity index (χ4n) is 3.63. The number of benzene rings is 2. The van der Waals surface area contributed by atoms with E-state index in [-0.39, 0.29) is 30.1 Å². The number of aromatic nitrogens is 3. The van der Waals surface area contributed by atoms with Gasteiger partial charge >= 0.3 is 0 Å². The predicted octanol–water partition coefficient (Wildman–Crippen LogP) is 4.10. The van der Waals surface area contributed by atoms with Crippen molar-refractivity contribution in [2.75, 3.05) is 19.6 Å². The molecule has 1 fully saturated rings. The Kier molecular flexibility index (Phi) is 8.69. The van der Waals surface area contributed by atoms with Crippen molar-refractivity contribution in [2.24, 2.45) is 4.99 Å². The molecule has 164 valence electrons. The Balaban J connectivity index is 0.00000272. The summed E-state index contributed by atoms with van der Waals surface area (Å²) in [5.74, 6) is 2.68. The van der Waals surface area contributed by atoms with Crippen LogP contribution in [0.1, 0.15) is 25.3 Å². The molecule has 0 aliphatic carbocycles. The number of guanidine groups is 1. The van der Waals surface area contributed by atoms with Gasteiger partial charge in [0.05, 0.1) is 6.54 Å². The zero-order valence-corrected chi connectivity index (χ0v) is 20.0. The summed E-state index contributed by atoms with van der Waals surface area (Å²) in [7, 11) is 0. The molecule has 0 amide bonds. The van der Waals surface area contributed by atoms with Crippen molar-refractivity contribution in [1.29, 1.82) is 0 Å². The minimum Gasteiger partial charge on any atom is -0.490 e. The topological polar surface area (TPSA) is 78.4 Å². The van der Waals surface area contributed by atoms with Crippen LogP contribution in [0.4, 0.5) is 0 Å². The first-order valence-electron chi connectivity index (χ1n) is 10.5. The van der Waals surface area contributed by atoms with E-state index in [9.17, 15) is 0 Å². The lowest BCUT2D eigenvalue weighted by Gasteiger charge is -2.34. The number of rotatable bonds is 6. The molecule has 0 atom stereocenters. The third-order valence-electron chi connectivity index (χ3n) is 5.15. The van der Waals surface area contributed by atoms with E-state index >= 15 is 0 Å². The molecule has 3 aromatic rings. The average molecular weight is 532 g/mol. The number of ether oxygens (including phenoxy) is 1. The van der Waals surface area contributed by atoms with Crippen LogP contribution in [0.15, 0.2) is 65.9 Å². The summed E-state index contributed by atoms with van der Waals surface area (Å²) in [6.07, 6.45) is 3.75.